The van der Waals surface area contributed by atoms with Gasteiger partial charge in [-0.1, -0.05) is 0 Å². The first-order valence-electron chi connectivity index (χ1n) is 6.81. The molecule has 0 radical (unpaired) electrons. The van der Waals surface area contributed by atoms with Gasteiger partial charge in [-0.05, 0) is 25.0 Å². The summed E-state index contributed by atoms with van der Waals surface area (Å²) >= 11 is 0. The Labute approximate surface area is 132 Å². The van der Waals surface area contributed by atoms with Gasteiger partial charge in [0.05, 0.1) is 24.2 Å². The van der Waals surface area contributed by atoms with E-state index in [0.29, 0.717) is 17.8 Å². The zero-order valence-corrected chi connectivity index (χ0v) is 12.3. The van der Waals surface area contributed by atoms with Gasteiger partial charge in [0.25, 0.3) is 0 Å². The highest BCUT2D eigenvalue weighted by Crippen LogP contribution is 2.08. The summed E-state index contributed by atoms with van der Waals surface area (Å²) in [5.74, 6) is -0.551. The lowest BCUT2D eigenvalue weighted by Gasteiger charge is -2.16. The molecule has 1 heterocycles. The third-order valence-corrected chi connectivity index (χ3v) is 2.84. The van der Waals surface area contributed by atoms with Crippen molar-refractivity contribution in [3.8, 4) is 0 Å². The number of hydrogen-bond donors (Lipinski definition) is 6. The maximum Gasteiger partial charge on any atom is 0.405 e. The maximum atomic E-state index is 12.1. The molecular formula is C13H19N5O5. The normalized spacial score (nSPS) is 11.3. The van der Waals surface area contributed by atoms with Gasteiger partial charge in [0, 0.05) is 6.54 Å². The first-order valence-corrected chi connectivity index (χ1v) is 6.81. The van der Waals surface area contributed by atoms with E-state index in [1.54, 1.807) is 6.07 Å². The monoisotopic (exact) mass is 325 g/mol. The highest BCUT2D eigenvalue weighted by Gasteiger charge is 2.20. The van der Waals surface area contributed by atoms with Crippen molar-refractivity contribution in [1.29, 1.82) is 0 Å². The number of carbonyl (C=O) groups excluding carboxylic acids is 2. The SMILES string of the molecule is NC(=O)NCCCC(NC(=O)O)C(=O)Nc1ccc(CO)nc1. The van der Waals surface area contributed by atoms with Crippen molar-refractivity contribution in [3.63, 3.8) is 0 Å². The average molecular weight is 325 g/mol. The number of primary amides is 1. The number of aliphatic hydroxyl groups excluding tert-OH is 1. The van der Waals surface area contributed by atoms with E-state index in [-0.39, 0.29) is 19.6 Å². The Morgan fingerprint density at radius 2 is 2.04 bits per heavy atom. The number of carbonyl (C=O) groups is 3. The number of hydrogen-bond acceptors (Lipinski definition) is 5. The molecule has 0 aliphatic rings. The van der Waals surface area contributed by atoms with E-state index in [1.165, 1.54) is 12.3 Å². The fourth-order valence-corrected chi connectivity index (χ4v) is 1.76. The number of rotatable bonds is 8. The number of aromatic nitrogens is 1. The van der Waals surface area contributed by atoms with Crippen LogP contribution in [0.1, 0.15) is 18.5 Å². The van der Waals surface area contributed by atoms with E-state index < -0.39 is 24.1 Å². The number of urea groups is 1. The molecule has 1 rings (SSSR count). The minimum Gasteiger partial charge on any atom is -0.465 e. The molecule has 0 spiro atoms. The minimum atomic E-state index is -1.33. The summed E-state index contributed by atoms with van der Waals surface area (Å²) in [6.45, 7) is 0.0114. The minimum absolute atomic E-state index is 0.181. The van der Waals surface area contributed by atoms with Gasteiger partial charge in [0.2, 0.25) is 5.91 Å². The number of nitrogens with zero attached hydrogens (tertiary/aromatic N) is 1. The molecule has 0 saturated carbocycles. The van der Waals surface area contributed by atoms with Gasteiger partial charge in [0.15, 0.2) is 0 Å². The van der Waals surface area contributed by atoms with Crippen LogP contribution in [-0.4, -0.2) is 45.8 Å². The summed E-state index contributed by atoms with van der Waals surface area (Å²) in [7, 11) is 0. The van der Waals surface area contributed by atoms with E-state index in [2.05, 4.69) is 20.9 Å². The Bertz CT molecular complexity index is 548. The molecule has 1 aromatic rings. The van der Waals surface area contributed by atoms with Crippen molar-refractivity contribution < 1.29 is 24.6 Å². The van der Waals surface area contributed by atoms with Crippen molar-refractivity contribution >= 4 is 23.7 Å². The Hall–Kier alpha value is -2.88. The maximum absolute atomic E-state index is 12.1. The fraction of sp³-hybridized carbons (Fsp3) is 0.385. The third-order valence-electron chi connectivity index (χ3n) is 2.84. The molecule has 10 heteroatoms. The Morgan fingerprint density at radius 3 is 2.57 bits per heavy atom. The lowest BCUT2D eigenvalue weighted by molar-refractivity contribution is -0.118. The number of aliphatic hydroxyl groups is 1. The van der Waals surface area contributed by atoms with Crippen LogP contribution in [0.5, 0.6) is 0 Å². The van der Waals surface area contributed by atoms with E-state index in [9.17, 15) is 14.4 Å². The predicted molar refractivity (Wildman–Crippen MR) is 80.6 cm³/mol. The number of amides is 4. The van der Waals surface area contributed by atoms with Gasteiger partial charge < -0.3 is 31.9 Å². The van der Waals surface area contributed by atoms with Crippen LogP contribution in [-0.2, 0) is 11.4 Å². The molecule has 1 aromatic heterocycles. The van der Waals surface area contributed by atoms with Crippen LogP contribution in [0.25, 0.3) is 0 Å². The van der Waals surface area contributed by atoms with Crippen LogP contribution < -0.4 is 21.7 Å². The van der Waals surface area contributed by atoms with Crippen molar-refractivity contribution in [3.05, 3.63) is 24.0 Å². The fourth-order valence-electron chi connectivity index (χ4n) is 1.76. The molecule has 0 bridgehead atoms. The molecule has 0 aliphatic carbocycles. The topological polar surface area (TPSA) is 167 Å². The zero-order valence-electron chi connectivity index (χ0n) is 12.3. The first-order chi connectivity index (χ1) is 10.9. The van der Waals surface area contributed by atoms with E-state index in [0.717, 1.165) is 0 Å². The quantitative estimate of drug-likeness (QED) is 0.355. The van der Waals surface area contributed by atoms with Gasteiger partial charge in [-0.3, -0.25) is 9.78 Å². The molecule has 0 aliphatic heterocycles. The van der Waals surface area contributed by atoms with Crippen LogP contribution >= 0.6 is 0 Å². The molecule has 4 amide bonds. The highest BCUT2D eigenvalue weighted by atomic mass is 16.4. The van der Waals surface area contributed by atoms with Crippen molar-refractivity contribution in [2.24, 2.45) is 5.73 Å². The number of nitrogens with two attached hydrogens (primary N) is 1. The first kappa shape index (κ1) is 18.2. The van der Waals surface area contributed by atoms with Gasteiger partial charge in [0.1, 0.15) is 6.04 Å². The van der Waals surface area contributed by atoms with E-state index >= 15 is 0 Å². The molecule has 0 aromatic carbocycles. The van der Waals surface area contributed by atoms with Gasteiger partial charge >= 0.3 is 12.1 Å². The Morgan fingerprint density at radius 1 is 1.30 bits per heavy atom. The number of nitrogens with one attached hydrogen (secondary N) is 3. The van der Waals surface area contributed by atoms with Crippen molar-refractivity contribution in [2.45, 2.75) is 25.5 Å². The third kappa shape index (κ3) is 7.09. The van der Waals surface area contributed by atoms with Gasteiger partial charge in [-0.2, -0.15) is 0 Å². The molecule has 7 N–H and O–H groups in total. The number of anilines is 1. The predicted octanol–water partition coefficient (Wildman–Crippen LogP) is -0.403. The second kappa shape index (κ2) is 9.20. The van der Waals surface area contributed by atoms with Gasteiger partial charge in [-0.25, -0.2) is 9.59 Å². The molecule has 126 valence electrons. The second-order valence-corrected chi connectivity index (χ2v) is 4.62. The Balaban J connectivity index is 2.59. The van der Waals surface area contributed by atoms with Crippen LogP contribution in [0, 0.1) is 0 Å². The standard InChI is InChI=1S/C13H19N5O5/c14-12(21)15-5-1-2-10(18-13(22)23)11(20)17-8-3-4-9(7-19)16-6-8/h3-4,6,10,18-19H,1-2,5,7H2,(H,17,20)(H,22,23)(H3,14,15,21). The largest absolute Gasteiger partial charge is 0.465 e. The molecule has 0 saturated heterocycles. The molecule has 23 heavy (non-hydrogen) atoms. The van der Waals surface area contributed by atoms with Crippen LogP contribution in [0.4, 0.5) is 15.3 Å². The van der Waals surface area contributed by atoms with Gasteiger partial charge in [-0.15, -0.1) is 0 Å². The summed E-state index contributed by atoms with van der Waals surface area (Å²) < 4.78 is 0. The molecule has 1 atom stereocenters. The lowest BCUT2D eigenvalue weighted by Crippen LogP contribution is -2.43. The summed E-state index contributed by atoms with van der Waals surface area (Å²) in [6, 6.07) is 1.40. The summed E-state index contributed by atoms with van der Waals surface area (Å²) in [6.07, 6.45) is 0.571. The zero-order chi connectivity index (χ0) is 17.2. The smallest absolute Gasteiger partial charge is 0.405 e. The molecule has 0 fully saturated rings. The lowest BCUT2D eigenvalue weighted by atomic mass is 10.1. The summed E-state index contributed by atoms with van der Waals surface area (Å²) in [4.78, 5) is 37.3. The van der Waals surface area contributed by atoms with Crippen molar-refractivity contribution in [1.82, 2.24) is 15.6 Å². The molecule has 10 nitrogen and oxygen atoms in total. The van der Waals surface area contributed by atoms with Crippen LogP contribution in [0.3, 0.4) is 0 Å². The summed E-state index contributed by atoms with van der Waals surface area (Å²) in [5.41, 5.74) is 5.73. The van der Waals surface area contributed by atoms with Crippen LogP contribution in [0.2, 0.25) is 0 Å². The highest BCUT2D eigenvalue weighted by molar-refractivity contribution is 5.96. The van der Waals surface area contributed by atoms with E-state index in [1.807, 2.05) is 0 Å². The summed E-state index contributed by atoms with van der Waals surface area (Å²) in [5, 5.41) is 24.7. The number of pyridine rings is 1. The molecule has 1 unspecified atom stereocenters. The van der Waals surface area contributed by atoms with E-state index in [4.69, 9.17) is 15.9 Å². The molecular weight excluding hydrogens is 306 g/mol. The second-order valence-electron chi connectivity index (χ2n) is 4.62. The van der Waals surface area contributed by atoms with Crippen LogP contribution in [0.15, 0.2) is 18.3 Å². The number of carboxylic acid groups (broad SMARTS) is 1. The Kier molecular flexibility index (Phi) is 7.27. The van der Waals surface area contributed by atoms with Crippen molar-refractivity contribution in [2.75, 3.05) is 11.9 Å². The average Bonchev–Trinajstić information content (AvgIpc) is 2.50.